The van der Waals surface area contributed by atoms with Crippen molar-refractivity contribution >= 4 is 41.7 Å². The molecule has 0 aliphatic rings. The first-order chi connectivity index (χ1) is 10.7. The minimum Gasteiger partial charge on any atom is -0.444 e. The number of rotatable bonds is 5. The van der Waals surface area contributed by atoms with Gasteiger partial charge in [-0.25, -0.2) is 4.79 Å². The second-order valence-corrected chi connectivity index (χ2v) is 6.64. The largest absolute Gasteiger partial charge is 0.444 e. The van der Waals surface area contributed by atoms with Gasteiger partial charge in [0.25, 0.3) is 0 Å². The van der Waals surface area contributed by atoms with Crippen LogP contribution in [0, 0.1) is 0 Å². The Bertz CT molecular complexity index is 537. The van der Waals surface area contributed by atoms with Crippen molar-refractivity contribution in [1.82, 2.24) is 5.32 Å². The second kappa shape index (κ2) is 10.4. The number of aliphatic imine (C=N–C) groups is 1. The molecule has 4 N–H and O–H groups in total. The van der Waals surface area contributed by atoms with Gasteiger partial charge in [0, 0.05) is 18.3 Å². The van der Waals surface area contributed by atoms with Crippen molar-refractivity contribution in [2.45, 2.75) is 52.7 Å². The Morgan fingerprint density at radius 1 is 1.25 bits per heavy atom. The lowest BCUT2D eigenvalue weighted by atomic mass is 10.1. The molecule has 0 spiro atoms. The Balaban J connectivity index is 0.00000529. The number of ether oxygens (including phenoxy) is 1. The summed E-state index contributed by atoms with van der Waals surface area (Å²) in [5, 5.41) is 5.75. The Morgan fingerprint density at radius 2 is 1.83 bits per heavy atom. The topological polar surface area (TPSA) is 88.7 Å². The normalized spacial score (nSPS) is 11.7. The fraction of sp³-hybridized carbons (Fsp3) is 0.529. The molecule has 0 atom stereocenters. The molecule has 136 valence electrons. The molecule has 1 aromatic rings. The molecular formula is C17H29IN4O2. The number of hydrogen-bond donors (Lipinski definition) is 3. The summed E-state index contributed by atoms with van der Waals surface area (Å²) >= 11 is 0. The number of hydrogen-bond acceptors (Lipinski definition) is 3. The van der Waals surface area contributed by atoms with E-state index in [1.165, 1.54) is 0 Å². The zero-order valence-corrected chi connectivity index (χ0v) is 17.4. The van der Waals surface area contributed by atoms with Gasteiger partial charge in [-0.15, -0.1) is 24.0 Å². The lowest BCUT2D eigenvalue weighted by Gasteiger charge is -2.19. The third-order valence-electron chi connectivity index (χ3n) is 2.72. The average Bonchev–Trinajstić information content (AvgIpc) is 2.37. The molecule has 6 nitrogen and oxygen atoms in total. The Labute approximate surface area is 161 Å². The quantitative estimate of drug-likeness (QED) is 0.366. The second-order valence-electron chi connectivity index (χ2n) is 6.64. The molecule has 0 aliphatic carbocycles. The summed E-state index contributed by atoms with van der Waals surface area (Å²) in [6.45, 7) is 10.1. The van der Waals surface area contributed by atoms with Gasteiger partial charge in [-0.3, -0.25) is 10.3 Å². The molecule has 0 saturated carbocycles. The molecule has 24 heavy (non-hydrogen) atoms. The van der Waals surface area contributed by atoms with Gasteiger partial charge in [0.15, 0.2) is 5.96 Å². The zero-order valence-electron chi connectivity index (χ0n) is 15.1. The van der Waals surface area contributed by atoms with Crippen LogP contribution >= 0.6 is 24.0 Å². The number of amides is 1. The van der Waals surface area contributed by atoms with E-state index in [1.54, 1.807) is 0 Å². The summed E-state index contributed by atoms with van der Waals surface area (Å²) in [6, 6.07) is 7.87. The van der Waals surface area contributed by atoms with Crippen LogP contribution in [0.25, 0.3) is 0 Å². The van der Waals surface area contributed by atoms with Crippen molar-refractivity contribution in [2.24, 2.45) is 10.7 Å². The SMILES string of the molecule is CC(C)NC(N)=NCCc1ccc(NC(=O)OC(C)(C)C)cc1.I. The molecule has 0 bridgehead atoms. The predicted octanol–water partition coefficient (Wildman–Crippen LogP) is 3.51. The van der Waals surface area contributed by atoms with E-state index in [0.29, 0.717) is 18.2 Å². The summed E-state index contributed by atoms with van der Waals surface area (Å²) in [5.41, 5.74) is 7.06. The van der Waals surface area contributed by atoms with E-state index in [0.717, 1.165) is 12.0 Å². The minimum atomic E-state index is -0.508. The highest BCUT2D eigenvalue weighted by Crippen LogP contribution is 2.13. The summed E-state index contributed by atoms with van der Waals surface area (Å²) < 4.78 is 5.21. The van der Waals surface area contributed by atoms with Crippen LogP contribution in [0.2, 0.25) is 0 Å². The summed E-state index contributed by atoms with van der Waals surface area (Å²) in [7, 11) is 0. The first-order valence-electron chi connectivity index (χ1n) is 7.81. The van der Waals surface area contributed by atoms with E-state index >= 15 is 0 Å². The maximum absolute atomic E-state index is 11.7. The lowest BCUT2D eigenvalue weighted by Crippen LogP contribution is -2.36. The predicted molar refractivity (Wildman–Crippen MR) is 110 cm³/mol. The minimum absolute atomic E-state index is 0. The van der Waals surface area contributed by atoms with Crippen molar-refractivity contribution < 1.29 is 9.53 Å². The van der Waals surface area contributed by atoms with Gasteiger partial charge in [-0.1, -0.05) is 12.1 Å². The van der Waals surface area contributed by atoms with Gasteiger partial charge in [0.05, 0.1) is 0 Å². The molecule has 0 unspecified atom stereocenters. The molecule has 0 aromatic heterocycles. The van der Waals surface area contributed by atoms with Crippen molar-refractivity contribution in [3.8, 4) is 0 Å². The number of halogens is 1. The standard InChI is InChI=1S/C17H28N4O2.HI/c1-12(2)20-15(18)19-11-10-13-6-8-14(9-7-13)21-16(22)23-17(3,4)5;/h6-9,12H,10-11H2,1-5H3,(H,21,22)(H3,18,19,20);1H. The highest BCUT2D eigenvalue weighted by molar-refractivity contribution is 14.0. The monoisotopic (exact) mass is 448 g/mol. The summed E-state index contributed by atoms with van der Waals surface area (Å²) in [5.74, 6) is 0.461. The fourth-order valence-electron chi connectivity index (χ4n) is 1.82. The third-order valence-corrected chi connectivity index (χ3v) is 2.72. The van der Waals surface area contributed by atoms with Crippen LogP contribution in [0.1, 0.15) is 40.2 Å². The molecule has 1 rings (SSSR count). The van der Waals surface area contributed by atoms with Crippen LogP contribution in [-0.4, -0.2) is 30.2 Å². The number of guanidine groups is 1. The van der Waals surface area contributed by atoms with E-state index in [1.807, 2.05) is 58.9 Å². The number of nitrogens with two attached hydrogens (primary N) is 1. The van der Waals surface area contributed by atoms with Gasteiger partial charge in [-0.2, -0.15) is 0 Å². The molecule has 1 aromatic carbocycles. The van der Waals surface area contributed by atoms with Crippen molar-refractivity contribution in [2.75, 3.05) is 11.9 Å². The number of benzene rings is 1. The average molecular weight is 448 g/mol. The summed E-state index contributed by atoms with van der Waals surface area (Å²) in [4.78, 5) is 15.9. The molecule has 0 fully saturated rings. The first-order valence-corrected chi connectivity index (χ1v) is 7.81. The Hall–Kier alpha value is -1.51. The number of nitrogens with zero attached hydrogens (tertiary/aromatic N) is 1. The van der Waals surface area contributed by atoms with Crippen LogP contribution in [-0.2, 0) is 11.2 Å². The highest BCUT2D eigenvalue weighted by Gasteiger charge is 2.15. The van der Waals surface area contributed by atoms with E-state index in [4.69, 9.17) is 10.5 Å². The number of nitrogens with one attached hydrogen (secondary N) is 2. The van der Waals surface area contributed by atoms with E-state index in [-0.39, 0.29) is 30.0 Å². The van der Waals surface area contributed by atoms with Gasteiger partial charge in [0.1, 0.15) is 5.60 Å². The van der Waals surface area contributed by atoms with Crippen LogP contribution < -0.4 is 16.4 Å². The lowest BCUT2D eigenvalue weighted by molar-refractivity contribution is 0.0636. The van der Waals surface area contributed by atoms with E-state index in [9.17, 15) is 4.79 Å². The summed E-state index contributed by atoms with van der Waals surface area (Å²) in [6.07, 6.45) is 0.329. The van der Waals surface area contributed by atoms with E-state index < -0.39 is 11.7 Å². The van der Waals surface area contributed by atoms with Gasteiger partial charge >= 0.3 is 6.09 Å². The molecule has 0 heterocycles. The Kier molecular flexibility index (Phi) is 9.72. The van der Waals surface area contributed by atoms with Gasteiger partial charge in [0.2, 0.25) is 0 Å². The highest BCUT2D eigenvalue weighted by atomic mass is 127. The van der Waals surface area contributed by atoms with Crippen molar-refractivity contribution in [3.05, 3.63) is 29.8 Å². The number of anilines is 1. The van der Waals surface area contributed by atoms with Crippen LogP contribution in [0.4, 0.5) is 10.5 Å². The molecular weight excluding hydrogens is 419 g/mol. The fourth-order valence-corrected chi connectivity index (χ4v) is 1.82. The zero-order chi connectivity index (χ0) is 17.5. The van der Waals surface area contributed by atoms with Crippen LogP contribution in [0.5, 0.6) is 0 Å². The molecule has 0 radical (unpaired) electrons. The maximum atomic E-state index is 11.7. The number of carbonyl (C=O) groups is 1. The maximum Gasteiger partial charge on any atom is 0.412 e. The van der Waals surface area contributed by atoms with E-state index in [2.05, 4.69) is 15.6 Å². The third kappa shape index (κ3) is 10.3. The first kappa shape index (κ1) is 22.5. The van der Waals surface area contributed by atoms with Crippen LogP contribution in [0.15, 0.2) is 29.3 Å². The molecule has 7 heteroatoms. The smallest absolute Gasteiger partial charge is 0.412 e. The van der Waals surface area contributed by atoms with Crippen molar-refractivity contribution in [1.29, 1.82) is 0 Å². The molecule has 0 aliphatic heterocycles. The van der Waals surface area contributed by atoms with Gasteiger partial charge < -0.3 is 15.8 Å². The molecule has 1 amide bonds. The number of carbonyl (C=O) groups excluding carboxylic acids is 1. The van der Waals surface area contributed by atoms with Crippen LogP contribution in [0.3, 0.4) is 0 Å². The molecule has 0 saturated heterocycles. The Morgan fingerprint density at radius 3 is 2.33 bits per heavy atom. The van der Waals surface area contributed by atoms with Gasteiger partial charge in [-0.05, 0) is 58.7 Å². The van der Waals surface area contributed by atoms with Crippen molar-refractivity contribution in [3.63, 3.8) is 0 Å².